The molecule has 76 valence electrons. The summed E-state index contributed by atoms with van der Waals surface area (Å²) in [4.78, 5) is 12.0. The van der Waals surface area contributed by atoms with Crippen LogP contribution in [-0.4, -0.2) is 5.78 Å². The molecular formula is C12H22O. The summed E-state index contributed by atoms with van der Waals surface area (Å²) in [7, 11) is 0. The molecule has 0 N–H and O–H groups in total. The predicted molar refractivity (Wildman–Crippen MR) is 55.6 cm³/mol. The fourth-order valence-corrected chi connectivity index (χ4v) is 2.21. The molecule has 0 amide bonds. The molecule has 1 aliphatic carbocycles. The Kier molecular flexibility index (Phi) is 3.15. The number of hydrogen-bond donors (Lipinski definition) is 0. The van der Waals surface area contributed by atoms with E-state index in [1.165, 1.54) is 12.8 Å². The van der Waals surface area contributed by atoms with Gasteiger partial charge in [-0.05, 0) is 25.2 Å². The van der Waals surface area contributed by atoms with Crippen molar-refractivity contribution < 1.29 is 4.79 Å². The summed E-state index contributed by atoms with van der Waals surface area (Å²) in [5.41, 5.74) is -0.0470. The molecule has 1 atom stereocenters. The van der Waals surface area contributed by atoms with Crippen LogP contribution in [0.2, 0.25) is 0 Å². The van der Waals surface area contributed by atoms with E-state index in [2.05, 4.69) is 27.7 Å². The molecule has 0 bridgehead atoms. The number of hydrogen-bond acceptors (Lipinski definition) is 1. The van der Waals surface area contributed by atoms with Crippen molar-refractivity contribution in [3.8, 4) is 0 Å². The van der Waals surface area contributed by atoms with Gasteiger partial charge in [-0.1, -0.05) is 34.1 Å². The monoisotopic (exact) mass is 182 g/mol. The van der Waals surface area contributed by atoms with Gasteiger partial charge in [-0.25, -0.2) is 0 Å². The van der Waals surface area contributed by atoms with Crippen LogP contribution in [0.3, 0.4) is 0 Å². The number of rotatable bonds is 5. The smallest absolute Gasteiger partial charge is 0.141 e. The zero-order valence-electron chi connectivity index (χ0n) is 9.39. The van der Waals surface area contributed by atoms with Gasteiger partial charge in [0.05, 0.1) is 0 Å². The first-order valence-electron chi connectivity index (χ1n) is 5.54. The highest BCUT2D eigenvalue weighted by atomic mass is 16.1. The molecule has 1 saturated carbocycles. The van der Waals surface area contributed by atoms with Crippen LogP contribution in [0, 0.1) is 17.3 Å². The van der Waals surface area contributed by atoms with Crippen molar-refractivity contribution in [3.63, 3.8) is 0 Å². The van der Waals surface area contributed by atoms with Crippen LogP contribution < -0.4 is 0 Å². The molecule has 1 aliphatic rings. The van der Waals surface area contributed by atoms with Gasteiger partial charge < -0.3 is 0 Å². The molecule has 0 aliphatic heterocycles. The van der Waals surface area contributed by atoms with Gasteiger partial charge in [0.2, 0.25) is 0 Å². The SMILES string of the molecule is CCCC(C)C(=O)C(C)(C)C1CC1. The van der Waals surface area contributed by atoms with E-state index < -0.39 is 0 Å². The first-order chi connectivity index (χ1) is 6.00. The zero-order chi connectivity index (χ0) is 10.1. The fraction of sp³-hybridized carbons (Fsp3) is 0.917. The second kappa shape index (κ2) is 3.81. The van der Waals surface area contributed by atoms with E-state index in [1.54, 1.807) is 0 Å². The van der Waals surface area contributed by atoms with Gasteiger partial charge in [-0.15, -0.1) is 0 Å². The van der Waals surface area contributed by atoms with E-state index in [-0.39, 0.29) is 11.3 Å². The summed E-state index contributed by atoms with van der Waals surface area (Å²) in [6.07, 6.45) is 4.69. The molecule has 1 nitrogen and oxygen atoms in total. The number of carbonyl (C=O) groups is 1. The highest BCUT2D eigenvalue weighted by molar-refractivity contribution is 5.86. The van der Waals surface area contributed by atoms with Crippen LogP contribution in [0.25, 0.3) is 0 Å². The molecule has 0 saturated heterocycles. The van der Waals surface area contributed by atoms with Crippen LogP contribution >= 0.6 is 0 Å². The lowest BCUT2D eigenvalue weighted by atomic mass is 9.76. The van der Waals surface area contributed by atoms with E-state index in [0.29, 0.717) is 11.7 Å². The molecule has 0 heterocycles. The summed E-state index contributed by atoms with van der Waals surface area (Å²) in [5, 5.41) is 0. The minimum absolute atomic E-state index is 0.0470. The molecule has 0 aromatic rings. The molecule has 0 aromatic carbocycles. The Hall–Kier alpha value is -0.330. The maximum atomic E-state index is 12.0. The Morgan fingerprint density at radius 1 is 1.46 bits per heavy atom. The highest BCUT2D eigenvalue weighted by Crippen LogP contribution is 2.47. The van der Waals surface area contributed by atoms with Gasteiger partial charge >= 0.3 is 0 Å². The van der Waals surface area contributed by atoms with Gasteiger partial charge in [0.25, 0.3) is 0 Å². The summed E-state index contributed by atoms with van der Waals surface area (Å²) in [6.45, 7) is 8.47. The molecule has 1 heteroatoms. The van der Waals surface area contributed by atoms with Crippen molar-refractivity contribution in [2.45, 2.75) is 53.4 Å². The normalized spacial score (nSPS) is 20.0. The minimum atomic E-state index is -0.0470. The van der Waals surface area contributed by atoms with Crippen molar-refractivity contribution in [2.75, 3.05) is 0 Å². The van der Waals surface area contributed by atoms with Crippen LogP contribution in [0.4, 0.5) is 0 Å². The summed E-state index contributed by atoms with van der Waals surface area (Å²) >= 11 is 0. The number of carbonyl (C=O) groups excluding carboxylic acids is 1. The van der Waals surface area contributed by atoms with Crippen molar-refractivity contribution in [1.82, 2.24) is 0 Å². The average Bonchev–Trinajstić information content (AvgIpc) is 2.85. The summed E-state index contributed by atoms with van der Waals surface area (Å²) < 4.78 is 0. The van der Waals surface area contributed by atoms with E-state index in [1.807, 2.05) is 0 Å². The average molecular weight is 182 g/mol. The third kappa shape index (κ3) is 2.32. The lowest BCUT2D eigenvalue weighted by molar-refractivity contribution is -0.132. The highest BCUT2D eigenvalue weighted by Gasteiger charge is 2.44. The maximum absolute atomic E-state index is 12.0. The Labute approximate surface area is 81.9 Å². The van der Waals surface area contributed by atoms with Gasteiger partial charge in [0, 0.05) is 11.3 Å². The second-order valence-corrected chi connectivity index (χ2v) is 5.05. The van der Waals surface area contributed by atoms with Gasteiger partial charge in [-0.3, -0.25) is 4.79 Å². The summed E-state index contributed by atoms with van der Waals surface area (Å²) in [5.74, 6) is 1.43. The number of ketones is 1. The molecule has 1 fully saturated rings. The van der Waals surface area contributed by atoms with Crippen LogP contribution in [0.15, 0.2) is 0 Å². The molecule has 0 radical (unpaired) electrons. The Balaban J connectivity index is 2.54. The molecule has 1 rings (SSSR count). The predicted octanol–water partition coefficient (Wildman–Crippen LogP) is 3.43. The van der Waals surface area contributed by atoms with Crippen LogP contribution in [0.5, 0.6) is 0 Å². The third-order valence-corrected chi connectivity index (χ3v) is 3.40. The second-order valence-electron chi connectivity index (χ2n) is 5.05. The standard InChI is InChI=1S/C12H22O/c1-5-6-9(2)11(13)12(3,4)10-7-8-10/h9-10H,5-8H2,1-4H3. The molecule has 13 heavy (non-hydrogen) atoms. The van der Waals surface area contributed by atoms with Crippen molar-refractivity contribution in [1.29, 1.82) is 0 Å². The Bertz CT molecular complexity index is 189. The van der Waals surface area contributed by atoms with E-state index in [9.17, 15) is 4.79 Å². The fourth-order valence-electron chi connectivity index (χ4n) is 2.21. The molecular weight excluding hydrogens is 160 g/mol. The van der Waals surface area contributed by atoms with Gasteiger partial charge in [-0.2, -0.15) is 0 Å². The molecule has 0 aromatic heterocycles. The topological polar surface area (TPSA) is 17.1 Å². The minimum Gasteiger partial charge on any atom is -0.299 e. The van der Waals surface area contributed by atoms with Crippen LogP contribution in [-0.2, 0) is 4.79 Å². The van der Waals surface area contributed by atoms with E-state index in [4.69, 9.17) is 0 Å². The van der Waals surface area contributed by atoms with Crippen molar-refractivity contribution in [3.05, 3.63) is 0 Å². The zero-order valence-corrected chi connectivity index (χ0v) is 9.39. The first kappa shape index (κ1) is 10.7. The quantitative estimate of drug-likeness (QED) is 0.636. The molecule has 0 spiro atoms. The van der Waals surface area contributed by atoms with Crippen LogP contribution in [0.1, 0.15) is 53.4 Å². The maximum Gasteiger partial charge on any atom is 0.141 e. The lowest BCUT2D eigenvalue weighted by Gasteiger charge is -2.26. The largest absolute Gasteiger partial charge is 0.299 e. The van der Waals surface area contributed by atoms with Crippen molar-refractivity contribution in [2.24, 2.45) is 17.3 Å². The lowest BCUT2D eigenvalue weighted by Crippen LogP contribution is -2.31. The first-order valence-corrected chi connectivity index (χ1v) is 5.54. The number of Topliss-reactive ketones (excluding diaryl/α,β-unsaturated/α-hetero) is 1. The Morgan fingerprint density at radius 2 is 2.00 bits per heavy atom. The Morgan fingerprint density at radius 3 is 2.38 bits per heavy atom. The van der Waals surface area contributed by atoms with E-state index in [0.717, 1.165) is 12.8 Å². The van der Waals surface area contributed by atoms with Gasteiger partial charge in [0.15, 0.2) is 0 Å². The van der Waals surface area contributed by atoms with E-state index >= 15 is 0 Å². The molecule has 1 unspecified atom stereocenters. The van der Waals surface area contributed by atoms with Gasteiger partial charge in [0.1, 0.15) is 5.78 Å². The summed E-state index contributed by atoms with van der Waals surface area (Å²) in [6, 6.07) is 0. The third-order valence-electron chi connectivity index (χ3n) is 3.40. The van der Waals surface area contributed by atoms with Crippen molar-refractivity contribution >= 4 is 5.78 Å².